The molecule has 0 aliphatic heterocycles. The van der Waals surface area contributed by atoms with Gasteiger partial charge in [-0.3, -0.25) is 14.9 Å². The van der Waals surface area contributed by atoms with Gasteiger partial charge in [-0.05, 0) is 79.1 Å². The first-order valence-electron chi connectivity index (χ1n) is 11.4. The van der Waals surface area contributed by atoms with Crippen LogP contribution in [0.1, 0.15) is 63.7 Å². The molecule has 0 fully saturated rings. The van der Waals surface area contributed by atoms with Crippen LogP contribution < -0.4 is 0 Å². The number of fused-ring (bicyclic) bond motifs is 2. The highest BCUT2D eigenvalue weighted by atomic mass is 19.3. The van der Waals surface area contributed by atoms with E-state index in [1.807, 2.05) is 13.8 Å². The van der Waals surface area contributed by atoms with Crippen molar-refractivity contribution in [3.63, 3.8) is 0 Å². The number of pyridine rings is 1. The van der Waals surface area contributed by atoms with Crippen LogP contribution in [0.5, 0.6) is 0 Å². The van der Waals surface area contributed by atoms with Gasteiger partial charge in [0.2, 0.25) is 0 Å². The van der Waals surface area contributed by atoms with Crippen LogP contribution in [0.25, 0.3) is 22.0 Å². The summed E-state index contributed by atoms with van der Waals surface area (Å²) < 4.78 is 27.1. The molecule has 5 nitrogen and oxygen atoms in total. The number of benzene rings is 2. The van der Waals surface area contributed by atoms with Crippen LogP contribution in [0.3, 0.4) is 0 Å². The third kappa shape index (κ3) is 3.65. The second kappa shape index (κ2) is 8.63. The zero-order valence-electron chi connectivity index (χ0n) is 19.4. The van der Waals surface area contributed by atoms with Crippen molar-refractivity contribution in [3.8, 4) is 11.1 Å². The Morgan fingerprint density at radius 1 is 1.18 bits per heavy atom. The van der Waals surface area contributed by atoms with E-state index in [2.05, 4.69) is 45.5 Å². The third-order valence-corrected chi connectivity index (χ3v) is 6.93. The van der Waals surface area contributed by atoms with Gasteiger partial charge in [-0.15, -0.1) is 0 Å². The predicted octanol–water partition coefficient (Wildman–Crippen LogP) is 6.33. The number of aromatic amines is 1. The molecule has 1 N–H and O–H groups in total. The van der Waals surface area contributed by atoms with E-state index in [9.17, 15) is 13.6 Å². The van der Waals surface area contributed by atoms with E-state index in [0.717, 1.165) is 58.1 Å². The molecule has 1 atom stereocenters. The lowest BCUT2D eigenvalue weighted by Crippen LogP contribution is -2.35. The second-order valence-corrected chi connectivity index (χ2v) is 8.97. The summed E-state index contributed by atoms with van der Waals surface area (Å²) in [6.07, 6.45) is 1.20. The van der Waals surface area contributed by atoms with E-state index >= 15 is 0 Å². The molecule has 5 rings (SSSR count). The molecule has 34 heavy (non-hydrogen) atoms. The summed E-state index contributed by atoms with van der Waals surface area (Å²) in [5, 5.41) is 8.54. The summed E-state index contributed by atoms with van der Waals surface area (Å²) in [5.74, 6) is -0.480. The maximum atomic E-state index is 13.5. The van der Waals surface area contributed by atoms with Gasteiger partial charge in [-0.1, -0.05) is 24.3 Å². The maximum Gasteiger partial charge on any atom is 0.273 e. The number of hydrogen-bond donors (Lipinski definition) is 1. The van der Waals surface area contributed by atoms with Crippen molar-refractivity contribution in [1.82, 2.24) is 20.1 Å². The van der Waals surface area contributed by atoms with Crippen molar-refractivity contribution in [2.45, 2.75) is 45.6 Å². The number of aromatic nitrogens is 3. The topological polar surface area (TPSA) is 61.9 Å². The van der Waals surface area contributed by atoms with Gasteiger partial charge in [0.05, 0.1) is 11.6 Å². The number of aryl methyl sites for hydroxylation is 2. The highest BCUT2D eigenvalue weighted by molar-refractivity contribution is 5.94. The van der Waals surface area contributed by atoms with E-state index in [1.165, 1.54) is 23.9 Å². The normalized spacial score (nSPS) is 15.5. The number of nitrogens with zero attached hydrogens (tertiary/aromatic N) is 3. The highest BCUT2D eigenvalue weighted by Crippen LogP contribution is 2.41. The minimum atomic E-state index is -2.76. The Balaban J connectivity index is 1.57. The van der Waals surface area contributed by atoms with Gasteiger partial charge in [0, 0.05) is 29.9 Å². The Kier molecular flexibility index (Phi) is 5.63. The highest BCUT2D eigenvalue weighted by Gasteiger charge is 2.32. The van der Waals surface area contributed by atoms with Crippen molar-refractivity contribution in [1.29, 1.82) is 0 Å². The van der Waals surface area contributed by atoms with Crippen LogP contribution in [0, 0.1) is 13.8 Å². The van der Waals surface area contributed by atoms with Crippen molar-refractivity contribution in [3.05, 3.63) is 82.3 Å². The van der Waals surface area contributed by atoms with Gasteiger partial charge in [0.25, 0.3) is 12.3 Å². The molecule has 0 saturated carbocycles. The monoisotopic (exact) mass is 460 g/mol. The lowest BCUT2D eigenvalue weighted by atomic mass is 9.80. The SMILES string of the molecule is Cc1ccc(-c2ccc3c(C)[nH]nc3c2)c2c1[C@H](N(C)C(=O)c1ncccc1C(F)F)CCC2. The summed E-state index contributed by atoms with van der Waals surface area (Å²) in [5.41, 5.74) is 7.04. The number of H-pyrrole nitrogens is 1. The number of alkyl halides is 2. The molecule has 2 heterocycles. The van der Waals surface area contributed by atoms with E-state index in [-0.39, 0.29) is 17.3 Å². The largest absolute Gasteiger partial charge is 0.333 e. The molecule has 0 bridgehead atoms. The van der Waals surface area contributed by atoms with Crippen molar-refractivity contribution in [2.75, 3.05) is 7.05 Å². The van der Waals surface area contributed by atoms with E-state index < -0.39 is 12.3 Å². The van der Waals surface area contributed by atoms with Gasteiger partial charge in [-0.2, -0.15) is 5.10 Å². The first-order valence-corrected chi connectivity index (χ1v) is 11.4. The minimum absolute atomic E-state index is 0.180. The van der Waals surface area contributed by atoms with Crippen LogP contribution in [0.15, 0.2) is 48.7 Å². The Bertz CT molecular complexity index is 1390. The molecule has 1 amide bonds. The van der Waals surface area contributed by atoms with Gasteiger partial charge in [0.15, 0.2) is 0 Å². The average Bonchev–Trinajstić information content (AvgIpc) is 3.23. The van der Waals surface area contributed by atoms with Gasteiger partial charge in [0.1, 0.15) is 5.69 Å². The maximum absolute atomic E-state index is 13.5. The lowest BCUT2D eigenvalue weighted by molar-refractivity contribution is 0.0696. The van der Waals surface area contributed by atoms with Crippen LogP contribution in [0.4, 0.5) is 8.78 Å². The summed E-state index contributed by atoms with van der Waals surface area (Å²) in [6.45, 7) is 4.05. The molecular formula is C27H26F2N4O. The molecule has 0 radical (unpaired) electrons. The van der Waals surface area contributed by atoms with Crippen LogP contribution >= 0.6 is 0 Å². The Morgan fingerprint density at radius 3 is 2.79 bits per heavy atom. The number of carbonyl (C=O) groups is 1. The van der Waals surface area contributed by atoms with E-state index in [0.29, 0.717) is 0 Å². The van der Waals surface area contributed by atoms with Crippen LogP contribution in [0.2, 0.25) is 0 Å². The minimum Gasteiger partial charge on any atom is -0.333 e. The predicted molar refractivity (Wildman–Crippen MR) is 128 cm³/mol. The summed E-state index contributed by atoms with van der Waals surface area (Å²) in [6, 6.07) is 13.0. The fourth-order valence-electron chi connectivity index (χ4n) is 5.18. The average molecular weight is 461 g/mol. The first kappa shape index (κ1) is 22.2. The summed E-state index contributed by atoms with van der Waals surface area (Å²) in [4.78, 5) is 18.9. The molecule has 2 aromatic carbocycles. The van der Waals surface area contributed by atoms with Gasteiger partial charge in [-0.25, -0.2) is 8.78 Å². The van der Waals surface area contributed by atoms with Crippen molar-refractivity contribution < 1.29 is 13.6 Å². The fraction of sp³-hybridized carbons (Fsp3) is 0.296. The van der Waals surface area contributed by atoms with Gasteiger partial charge >= 0.3 is 0 Å². The number of halogens is 2. The molecule has 174 valence electrons. The van der Waals surface area contributed by atoms with E-state index in [1.54, 1.807) is 11.9 Å². The summed E-state index contributed by atoms with van der Waals surface area (Å²) in [7, 11) is 1.69. The Labute approximate surface area is 196 Å². The number of hydrogen-bond acceptors (Lipinski definition) is 3. The second-order valence-electron chi connectivity index (χ2n) is 8.97. The Hall–Kier alpha value is -3.61. The smallest absolute Gasteiger partial charge is 0.273 e. The summed E-state index contributed by atoms with van der Waals surface area (Å²) >= 11 is 0. The number of carbonyl (C=O) groups excluding carboxylic acids is 1. The molecule has 1 aliphatic rings. The zero-order valence-corrected chi connectivity index (χ0v) is 19.4. The molecule has 0 saturated heterocycles. The first-order chi connectivity index (χ1) is 16.4. The van der Waals surface area contributed by atoms with Gasteiger partial charge < -0.3 is 4.90 Å². The van der Waals surface area contributed by atoms with Crippen LogP contribution in [-0.2, 0) is 6.42 Å². The molecule has 1 aliphatic carbocycles. The third-order valence-electron chi connectivity index (χ3n) is 6.93. The molecule has 2 aromatic heterocycles. The molecule has 7 heteroatoms. The number of rotatable bonds is 4. The van der Waals surface area contributed by atoms with E-state index in [4.69, 9.17) is 0 Å². The molecule has 0 unspecified atom stereocenters. The quantitative estimate of drug-likeness (QED) is 0.387. The van der Waals surface area contributed by atoms with Crippen LogP contribution in [-0.4, -0.2) is 33.0 Å². The molecular weight excluding hydrogens is 434 g/mol. The van der Waals surface area contributed by atoms with Crippen molar-refractivity contribution in [2.24, 2.45) is 0 Å². The number of nitrogens with one attached hydrogen (secondary N) is 1. The molecule has 0 spiro atoms. The standard InChI is InChI=1S/C27H26F2N4O/c1-15-9-11-19(17-10-12-18-16(2)31-32-22(18)14-17)20-6-4-8-23(24(15)20)33(3)27(34)25-21(26(28)29)7-5-13-30-25/h5,7,9-14,23,26H,4,6,8H2,1-3H3,(H,31,32)/t23-/m1/s1. The Morgan fingerprint density at radius 2 is 2.00 bits per heavy atom. The number of amides is 1. The van der Waals surface area contributed by atoms with Crippen molar-refractivity contribution >= 4 is 16.8 Å². The zero-order chi connectivity index (χ0) is 24.0. The lowest BCUT2D eigenvalue weighted by Gasteiger charge is -2.35. The molecule has 4 aromatic rings. The fourth-order valence-corrected chi connectivity index (χ4v) is 5.18.